The van der Waals surface area contributed by atoms with Gasteiger partial charge in [-0.15, -0.1) is 0 Å². The fourth-order valence-electron chi connectivity index (χ4n) is 3.04. The van der Waals surface area contributed by atoms with Gasteiger partial charge in [-0.2, -0.15) is 11.8 Å². The Morgan fingerprint density at radius 3 is 3.19 bits per heavy atom. The minimum Gasteiger partial charge on any atom is -0.380 e. The maximum Gasteiger partial charge on any atom is 0.273 e. The second kappa shape index (κ2) is 6.52. The van der Waals surface area contributed by atoms with Gasteiger partial charge in [0.25, 0.3) is 5.69 Å². The number of halogens is 1. The first kappa shape index (κ1) is 15.1. The number of ether oxygens (including phenoxy) is 1. The van der Waals surface area contributed by atoms with E-state index in [-0.39, 0.29) is 10.6 Å². The van der Waals surface area contributed by atoms with Crippen LogP contribution in [0.4, 0.5) is 5.69 Å². The predicted octanol–water partition coefficient (Wildman–Crippen LogP) is 2.95. The molecule has 0 aliphatic carbocycles. The molecule has 0 spiro atoms. The summed E-state index contributed by atoms with van der Waals surface area (Å²) in [6, 6.07) is 5.23. The highest BCUT2D eigenvalue weighted by Gasteiger charge is 2.35. The molecule has 0 unspecified atom stereocenters. The highest BCUT2D eigenvalue weighted by Crippen LogP contribution is 2.33. The summed E-state index contributed by atoms with van der Waals surface area (Å²) >= 11 is 7.96. The van der Waals surface area contributed by atoms with Crippen molar-refractivity contribution < 1.29 is 9.66 Å². The molecule has 2 saturated heterocycles. The summed E-state index contributed by atoms with van der Waals surface area (Å²) in [5, 5.41) is 12.2. The van der Waals surface area contributed by atoms with Gasteiger partial charge in [0.1, 0.15) is 0 Å². The zero-order chi connectivity index (χ0) is 14.8. The number of thioether (sulfide) groups is 1. The van der Waals surface area contributed by atoms with Gasteiger partial charge in [0.15, 0.2) is 0 Å². The summed E-state index contributed by atoms with van der Waals surface area (Å²) in [4.78, 5) is 13.2. The van der Waals surface area contributed by atoms with Crippen molar-refractivity contribution in [2.75, 3.05) is 25.5 Å². The molecule has 0 aromatic heterocycles. The average molecular weight is 329 g/mol. The summed E-state index contributed by atoms with van der Waals surface area (Å²) in [5.41, 5.74) is 0.853. The molecule has 0 saturated carbocycles. The van der Waals surface area contributed by atoms with Crippen molar-refractivity contribution in [3.63, 3.8) is 0 Å². The Kier molecular flexibility index (Phi) is 4.69. The third-order valence-corrected chi connectivity index (χ3v) is 5.59. The largest absolute Gasteiger partial charge is 0.380 e. The molecule has 0 radical (unpaired) electrons. The van der Waals surface area contributed by atoms with Crippen molar-refractivity contribution in [1.82, 2.24) is 4.90 Å². The van der Waals surface area contributed by atoms with Crippen LogP contribution in [-0.2, 0) is 11.3 Å². The van der Waals surface area contributed by atoms with Crippen LogP contribution in [0.5, 0.6) is 0 Å². The molecular formula is C14H17ClN2O3S. The molecule has 2 heterocycles. The van der Waals surface area contributed by atoms with Gasteiger partial charge >= 0.3 is 0 Å². The van der Waals surface area contributed by atoms with E-state index in [1.165, 1.54) is 6.07 Å². The lowest BCUT2D eigenvalue weighted by molar-refractivity contribution is -0.385. The first-order valence-electron chi connectivity index (χ1n) is 7.01. The van der Waals surface area contributed by atoms with Crippen LogP contribution in [0.15, 0.2) is 18.2 Å². The predicted molar refractivity (Wildman–Crippen MR) is 84.0 cm³/mol. The summed E-state index contributed by atoms with van der Waals surface area (Å²) in [7, 11) is 0. The van der Waals surface area contributed by atoms with Crippen LogP contribution in [0.1, 0.15) is 12.0 Å². The molecule has 114 valence electrons. The fraction of sp³-hybridized carbons (Fsp3) is 0.571. The van der Waals surface area contributed by atoms with Gasteiger partial charge in [-0.05, 0) is 18.6 Å². The van der Waals surface area contributed by atoms with Crippen molar-refractivity contribution in [3.05, 3.63) is 38.9 Å². The standard InChI is InChI=1S/C14H17ClN2O3S/c15-11-1-2-12(17(18)19)10(7-11)8-16-4-6-21-14-9-20-5-3-13(14)16/h1-2,7,13-14H,3-6,8-9H2/t13-,14+/m1/s1. The molecule has 0 bridgehead atoms. The van der Waals surface area contributed by atoms with Gasteiger partial charge in [-0.3, -0.25) is 15.0 Å². The van der Waals surface area contributed by atoms with Crippen LogP contribution in [0.25, 0.3) is 0 Å². The first-order valence-corrected chi connectivity index (χ1v) is 8.44. The van der Waals surface area contributed by atoms with Crippen molar-refractivity contribution in [2.45, 2.75) is 24.3 Å². The topological polar surface area (TPSA) is 55.6 Å². The van der Waals surface area contributed by atoms with E-state index in [1.807, 2.05) is 11.8 Å². The molecule has 0 amide bonds. The van der Waals surface area contributed by atoms with Crippen molar-refractivity contribution >= 4 is 29.1 Å². The van der Waals surface area contributed by atoms with E-state index in [1.54, 1.807) is 12.1 Å². The molecule has 1 aromatic carbocycles. The highest BCUT2D eigenvalue weighted by molar-refractivity contribution is 8.00. The van der Waals surface area contributed by atoms with Crippen LogP contribution in [0.3, 0.4) is 0 Å². The Labute approximate surface area is 132 Å². The van der Waals surface area contributed by atoms with Gasteiger partial charge < -0.3 is 4.74 Å². The van der Waals surface area contributed by atoms with Crippen LogP contribution in [0.2, 0.25) is 5.02 Å². The highest BCUT2D eigenvalue weighted by atomic mass is 35.5. The monoisotopic (exact) mass is 328 g/mol. The van der Waals surface area contributed by atoms with Crippen molar-refractivity contribution in [1.29, 1.82) is 0 Å². The summed E-state index contributed by atoms with van der Waals surface area (Å²) in [5.74, 6) is 1.04. The lowest BCUT2D eigenvalue weighted by Gasteiger charge is -2.43. The molecule has 3 rings (SSSR count). The molecule has 5 nitrogen and oxygen atoms in total. The van der Waals surface area contributed by atoms with Gasteiger partial charge in [0, 0.05) is 53.4 Å². The number of nitro groups is 1. The lowest BCUT2D eigenvalue weighted by Crippen LogP contribution is -2.51. The minimum absolute atomic E-state index is 0.154. The Balaban J connectivity index is 1.82. The fourth-order valence-corrected chi connectivity index (χ4v) is 4.60. The SMILES string of the molecule is O=[N+]([O-])c1ccc(Cl)cc1CN1CCS[C@H]2COCC[C@H]21. The summed E-state index contributed by atoms with van der Waals surface area (Å²) in [6.07, 6.45) is 0.992. The molecule has 2 aliphatic heterocycles. The Morgan fingerprint density at radius 1 is 1.52 bits per heavy atom. The molecule has 21 heavy (non-hydrogen) atoms. The van der Waals surface area contributed by atoms with Gasteiger partial charge in [0.2, 0.25) is 0 Å². The van der Waals surface area contributed by atoms with Crippen LogP contribution < -0.4 is 0 Å². The van der Waals surface area contributed by atoms with Crippen LogP contribution in [-0.4, -0.2) is 46.6 Å². The Morgan fingerprint density at radius 2 is 2.38 bits per heavy atom. The number of nitro benzene ring substituents is 1. The number of rotatable bonds is 3. The van der Waals surface area contributed by atoms with Crippen LogP contribution >= 0.6 is 23.4 Å². The van der Waals surface area contributed by atoms with E-state index in [0.29, 0.717) is 28.4 Å². The third kappa shape index (κ3) is 3.34. The van der Waals surface area contributed by atoms with E-state index in [9.17, 15) is 10.1 Å². The zero-order valence-electron chi connectivity index (χ0n) is 11.5. The van der Waals surface area contributed by atoms with E-state index in [2.05, 4.69) is 4.90 Å². The number of benzene rings is 1. The maximum atomic E-state index is 11.2. The normalized spacial score (nSPS) is 26.3. The zero-order valence-corrected chi connectivity index (χ0v) is 13.1. The molecule has 2 fully saturated rings. The first-order chi connectivity index (χ1) is 10.1. The number of nitrogens with zero attached hydrogens (tertiary/aromatic N) is 2. The summed E-state index contributed by atoms with van der Waals surface area (Å²) < 4.78 is 5.54. The number of hydrogen-bond donors (Lipinski definition) is 0. The van der Waals surface area contributed by atoms with Gasteiger partial charge in [0.05, 0.1) is 11.5 Å². The lowest BCUT2D eigenvalue weighted by atomic mass is 10.0. The molecular weight excluding hydrogens is 312 g/mol. The molecule has 2 aliphatic rings. The summed E-state index contributed by atoms with van der Waals surface area (Å²) in [6.45, 7) is 3.09. The number of hydrogen-bond acceptors (Lipinski definition) is 5. The van der Waals surface area contributed by atoms with E-state index >= 15 is 0 Å². The maximum absolute atomic E-state index is 11.2. The smallest absolute Gasteiger partial charge is 0.273 e. The van der Waals surface area contributed by atoms with E-state index < -0.39 is 0 Å². The Bertz CT molecular complexity index is 541. The molecule has 0 N–H and O–H groups in total. The molecule has 1 aromatic rings. The molecule has 2 atom stereocenters. The van der Waals surface area contributed by atoms with Gasteiger partial charge in [-0.1, -0.05) is 11.6 Å². The second-order valence-corrected chi connectivity index (χ2v) is 7.12. The second-order valence-electron chi connectivity index (χ2n) is 5.34. The third-order valence-electron chi connectivity index (χ3n) is 4.06. The minimum atomic E-state index is -0.328. The molecule has 7 heteroatoms. The van der Waals surface area contributed by atoms with Crippen molar-refractivity contribution in [2.24, 2.45) is 0 Å². The van der Waals surface area contributed by atoms with E-state index in [0.717, 1.165) is 31.9 Å². The van der Waals surface area contributed by atoms with Gasteiger partial charge in [-0.25, -0.2) is 0 Å². The van der Waals surface area contributed by atoms with E-state index in [4.69, 9.17) is 16.3 Å². The van der Waals surface area contributed by atoms with Crippen molar-refractivity contribution in [3.8, 4) is 0 Å². The quantitative estimate of drug-likeness (QED) is 0.630. The number of fused-ring (bicyclic) bond motifs is 1. The van der Waals surface area contributed by atoms with Crippen LogP contribution in [0, 0.1) is 10.1 Å². The average Bonchev–Trinajstić information content (AvgIpc) is 2.47. The Hall–Kier alpha value is -0.820.